The second kappa shape index (κ2) is 3.72. The lowest BCUT2D eigenvalue weighted by atomic mass is 9.99. The maximum atomic E-state index is 11.0. The third-order valence-corrected chi connectivity index (χ3v) is 1.84. The van der Waals surface area contributed by atoms with Crippen molar-refractivity contribution in [2.45, 2.75) is 32.9 Å². The van der Waals surface area contributed by atoms with Gasteiger partial charge in [0.15, 0.2) is 0 Å². The zero-order valence-electron chi connectivity index (χ0n) is 7.09. The van der Waals surface area contributed by atoms with E-state index in [0.717, 1.165) is 6.42 Å². The smallest absolute Gasteiger partial charge is 0.222 e. The summed E-state index contributed by atoms with van der Waals surface area (Å²) in [4.78, 5) is 11.0. The van der Waals surface area contributed by atoms with E-state index in [-0.39, 0.29) is 12.1 Å². The number of rotatable bonds is 2. The van der Waals surface area contributed by atoms with E-state index in [2.05, 4.69) is 12.2 Å². The first kappa shape index (κ1) is 8.53. The van der Waals surface area contributed by atoms with Crippen LogP contribution in [0.25, 0.3) is 0 Å². The molecule has 0 saturated carbocycles. The van der Waals surface area contributed by atoms with Gasteiger partial charge in [0.25, 0.3) is 0 Å². The van der Waals surface area contributed by atoms with E-state index >= 15 is 0 Å². The highest BCUT2D eigenvalue weighted by Crippen LogP contribution is 2.16. The van der Waals surface area contributed by atoms with E-state index < -0.39 is 0 Å². The number of hydrogen-bond acceptors (Lipinski definition) is 2. The van der Waals surface area contributed by atoms with E-state index in [9.17, 15) is 4.79 Å². The van der Waals surface area contributed by atoms with E-state index in [1.165, 1.54) is 0 Å². The van der Waals surface area contributed by atoms with Gasteiger partial charge in [0.1, 0.15) is 6.23 Å². The molecule has 11 heavy (non-hydrogen) atoms. The molecule has 1 amide bonds. The number of carbonyl (C=O) groups is 1. The highest BCUT2D eigenvalue weighted by atomic mass is 16.5. The summed E-state index contributed by atoms with van der Waals surface area (Å²) in [7, 11) is 0. The van der Waals surface area contributed by atoms with Crippen molar-refractivity contribution >= 4 is 5.91 Å². The Morgan fingerprint density at radius 3 is 3.00 bits per heavy atom. The molecule has 0 spiro atoms. The Morgan fingerprint density at radius 1 is 1.73 bits per heavy atom. The van der Waals surface area contributed by atoms with Crippen LogP contribution in [0.4, 0.5) is 0 Å². The maximum absolute atomic E-state index is 11.0. The van der Waals surface area contributed by atoms with Gasteiger partial charge in [-0.3, -0.25) is 4.79 Å². The lowest BCUT2D eigenvalue weighted by molar-refractivity contribution is -0.130. The molecular formula is C8H15NO2. The molecule has 1 N–H and O–H groups in total. The van der Waals surface area contributed by atoms with Crippen molar-refractivity contribution in [3.63, 3.8) is 0 Å². The van der Waals surface area contributed by atoms with Gasteiger partial charge in [-0.15, -0.1) is 0 Å². The zero-order valence-corrected chi connectivity index (χ0v) is 7.09. The molecule has 0 aromatic carbocycles. The highest BCUT2D eigenvalue weighted by Gasteiger charge is 2.23. The molecule has 0 aromatic rings. The third-order valence-electron chi connectivity index (χ3n) is 1.84. The molecule has 1 saturated heterocycles. The van der Waals surface area contributed by atoms with Gasteiger partial charge in [0.05, 0.1) is 0 Å². The molecule has 0 aromatic heterocycles. The summed E-state index contributed by atoms with van der Waals surface area (Å²) in [6.45, 7) is 4.67. The van der Waals surface area contributed by atoms with Gasteiger partial charge in [0, 0.05) is 13.0 Å². The van der Waals surface area contributed by atoms with Crippen LogP contribution in [-0.2, 0) is 9.53 Å². The van der Waals surface area contributed by atoms with Crippen LogP contribution in [0.5, 0.6) is 0 Å². The Morgan fingerprint density at radius 2 is 2.45 bits per heavy atom. The van der Waals surface area contributed by atoms with Gasteiger partial charge >= 0.3 is 0 Å². The highest BCUT2D eigenvalue weighted by molar-refractivity contribution is 5.77. The third kappa shape index (κ3) is 2.50. The minimum atomic E-state index is -0.0451. The summed E-state index contributed by atoms with van der Waals surface area (Å²) in [5, 5.41) is 2.79. The van der Waals surface area contributed by atoms with Crippen LogP contribution >= 0.6 is 0 Å². The lowest BCUT2D eigenvalue weighted by Crippen LogP contribution is -2.43. The number of nitrogens with one attached hydrogen (secondary N) is 1. The average molecular weight is 157 g/mol. The molecular weight excluding hydrogens is 142 g/mol. The fourth-order valence-corrected chi connectivity index (χ4v) is 1.37. The average Bonchev–Trinajstić information content (AvgIpc) is 1.85. The van der Waals surface area contributed by atoms with E-state index in [4.69, 9.17) is 4.74 Å². The quantitative estimate of drug-likeness (QED) is 0.646. The summed E-state index contributed by atoms with van der Waals surface area (Å²) >= 11 is 0. The number of hydrogen-bond donors (Lipinski definition) is 1. The summed E-state index contributed by atoms with van der Waals surface area (Å²) in [6.07, 6.45) is 1.54. The summed E-state index contributed by atoms with van der Waals surface area (Å²) in [5.41, 5.74) is 0. The van der Waals surface area contributed by atoms with Gasteiger partial charge in [-0.1, -0.05) is 6.92 Å². The molecule has 1 aliphatic heterocycles. The maximum Gasteiger partial charge on any atom is 0.222 e. The van der Waals surface area contributed by atoms with Crippen LogP contribution in [0.15, 0.2) is 0 Å². The Kier molecular flexibility index (Phi) is 2.88. The molecule has 0 bridgehead atoms. The molecule has 3 nitrogen and oxygen atoms in total. The molecule has 3 heteroatoms. The van der Waals surface area contributed by atoms with E-state index in [1.54, 1.807) is 0 Å². The minimum Gasteiger partial charge on any atom is -0.359 e. The van der Waals surface area contributed by atoms with Crippen molar-refractivity contribution in [3.05, 3.63) is 0 Å². The van der Waals surface area contributed by atoms with Crippen LogP contribution in [0.2, 0.25) is 0 Å². The lowest BCUT2D eigenvalue weighted by Gasteiger charge is -2.27. The first-order valence-electron chi connectivity index (χ1n) is 4.13. The number of piperidine rings is 1. The molecule has 1 fully saturated rings. The monoisotopic (exact) mass is 157 g/mol. The van der Waals surface area contributed by atoms with Crippen molar-refractivity contribution in [1.82, 2.24) is 5.32 Å². The van der Waals surface area contributed by atoms with Crippen molar-refractivity contribution in [1.29, 1.82) is 0 Å². The number of amides is 1. The SMILES string of the molecule is CCOC1CC(C)CC(=O)N1. The van der Waals surface area contributed by atoms with Crippen LogP contribution in [0.3, 0.4) is 0 Å². The molecule has 2 unspecified atom stereocenters. The second-order valence-electron chi connectivity index (χ2n) is 3.06. The Labute approximate surface area is 67.1 Å². The predicted octanol–water partition coefficient (Wildman–Crippen LogP) is 0.895. The normalized spacial score (nSPS) is 31.6. The summed E-state index contributed by atoms with van der Waals surface area (Å²) in [5.74, 6) is 0.572. The van der Waals surface area contributed by atoms with Crippen molar-refractivity contribution in [2.75, 3.05) is 6.61 Å². The largest absolute Gasteiger partial charge is 0.359 e. The number of carbonyl (C=O) groups excluding carboxylic acids is 1. The van der Waals surface area contributed by atoms with Crippen LogP contribution in [0, 0.1) is 5.92 Å². The molecule has 0 aliphatic carbocycles. The van der Waals surface area contributed by atoms with E-state index in [0.29, 0.717) is 18.9 Å². The summed E-state index contributed by atoms with van der Waals surface area (Å²) in [6, 6.07) is 0. The Bertz CT molecular complexity index is 147. The van der Waals surface area contributed by atoms with Crippen LogP contribution < -0.4 is 5.32 Å². The first-order valence-corrected chi connectivity index (χ1v) is 4.13. The van der Waals surface area contributed by atoms with Crippen molar-refractivity contribution in [3.8, 4) is 0 Å². The predicted molar refractivity (Wildman–Crippen MR) is 42.0 cm³/mol. The summed E-state index contributed by atoms with van der Waals surface area (Å²) < 4.78 is 5.29. The Hall–Kier alpha value is -0.570. The molecule has 1 rings (SSSR count). The topological polar surface area (TPSA) is 38.3 Å². The standard InChI is InChI=1S/C8H15NO2/c1-3-11-8-5-6(2)4-7(10)9-8/h6,8H,3-5H2,1-2H3,(H,9,10). The van der Waals surface area contributed by atoms with Crippen LogP contribution in [-0.4, -0.2) is 18.7 Å². The fourth-order valence-electron chi connectivity index (χ4n) is 1.37. The fraction of sp³-hybridized carbons (Fsp3) is 0.875. The molecule has 1 aliphatic rings. The van der Waals surface area contributed by atoms with Gasteiger partial charge in [-0.05, 0) is 19.3 Å². The van der Waals surface area contributed by atoms with Crippen LogP contribution in [0.1, 0.15) is 26.7 Å². The molecule has 1 heterocycles. The van der Waals surface area contributed by atoms with Gasteiger partial charge < -0.3 is 10.1 Å². The number of ether oxygens (including phenoxy) is 1. The van der Waals surface area contributed by atoms with Crippen molar-refractivity contribution in [2.24, 2.45) is 5.92 Å². The van der Waals surface area contributed by atoms with Gasteiger partial charge in [-0.2, -0.15) is 0 Å². The zero-order chi connectivity index (χ0) is 8.27. The second-order valence-corrected chi connectivity index (χ2v) is 3.06. The molecule has 2 atom stereocenters. The van der Waals surface area contributed by atoms with E-state index in [1.807, 2.05) is 6.92 Å². The minimum absolute atomic E-state index is 0.0451. The molecule has 0 radical (unpaired) electrons. The first-order chi connectivity index (χ1) is 5.22. The molecule has 64 valence electrons. The van der Waals surface area contributed by atoms with Gasteiger partial charge in [0.2, 0.25) is 5.91 Å². The van der Waals surface area contributed by atoms with Crippen molar-refractivity contribution < 1.29 is 9.53 Å². The Balaban J connectivity index is 2.36. The van der Waals surface area contributed by atoms with Gasteiger partial charge in [-0.25, -0.2) is 0 Å².